The molecule has 1 aliphatic carbocycles. The van der Waals surface area contributed by atoms with Crippen molar-refractivity contribution < 1.29 is 0 Å². The highest BCUT2D eigenvalue weighted by Crippen LogP contribution is 2.19. The molecule has 1 saturated carbocycles. The van der Waals surface area contributed by atoms with Crippen LogP contribution in [-0.4, -0.2) is 21.0 Å². The van der Waals surface area contributed by atoms with Crippen LogP contribution in [0, 0.1) is 0 Å². The van der Waals surface area contributed by atoms with Gasteiger partial charge in [-0.1, -0.05) is 0 Å². The van der Waals surface area contributed by atoms with Crippen molar-refractivity contribution in [2.45, 2.75) is 25.4 Å². The van der Waals surface area contributed by atoms with E-state index < -0.39 is 0 Å². The minimum atomic E-state index is 0.717. The van der Waals surface area contributed by atoms with E-state index in [2.05, 4.69) is 20.3 Å². The average molecular weight is 214 g/mol. The van der Waals surface area contributed by atoms with E-state index in [9.17, 15) is 0 Å². The number of rotatable bonds is 4. The number of hydrogen-bond donors (Lipinski definition) is 2. The van der Waals surface area contributed by atoms with Crippen molar-refractivity contribution in [2.75, 3.05) is 0 Å². The fourth-order valence-electron chi connectivity index (χ4n) is 1.66. The van der Waals surface area contributed by atoms with E-state index >= 15 is 0 Å². The molecule has 82 valence electrons. The summed E-state index contributed by atoms with van der Waals surface area (Å²) in [5.74, 6) is 0.999. The van der Waals surface area contributed by atoms with Gasteiger partial charge in [0, 0.05) is 24.0 Å². The molecule has 16 heavy (non-hydrogen) atoms. The van der Waals surface area contributed by atoms with Gasteiger partial charge in [0.25, 0.3) is 0 Å². The number of imidazole rings is 1. The monoisotopic (exact) mass is 214 g/mol. The number of aromatic amines is 1. The summed E-state index contributed by atoms with van der Waals surface area (Å²) in [6.45, 7) is 0.829. The topological polar surface area (TPSA) is 53.6 Å². The number of nitrogens with one attached hydrogen (secondary N) is 2. The smallest absolute Gasteiger partial charge is 0.120 e. The maximum atomic E-state index is 4.35. The highest BCUT2D eigenvalue weighted by molar-refractivity contribution is 5.57. The summed E-state index contributed by atoms with van der Waals surface area (Å²) < 4.78 is 0. The van der Waals surface area contributed by atoms with Gasteiger partial charge in [-0.25, -0.2) is 4.98 Å². The van der Waals surface area contributed by atoms with Crippen LogP contribution in [0.3, 0.4) is 0 Å². The molecule has 0 aliphatic heterocycles. The molecule has 4 heteroatoms. The average Bonchev–Trinajstić information content (AvgIpc) is 3.05. The second-order valence-corrected chi connectivity index (χ2v) is 4.13. The van der Waals surface area contributed by atoms with E-state index in [0.29, 0.717) is 0 Å². The number of pyridine rings is 1. The largest absolute Gasteiger partial charge is 0.341 e. The third-order valence-corrected chi connectivity index (χ3v) is 2.76. The van der Waals surface area contributed by atoms with Crippen LogP contribution in [0.25, 0.3) is 11.3 Å². The summed E-state index contributed by atoms with van der Waals surface area (Å²) in [4.78, 5) is 11.7. The summed E-state index contributed by atoms with van der Waals surface area (Å²) in [6, 6.07) is 4.67. The molecule has 1 aliphatic rings. The van der Waals surface area contributed by atoms with Gasteiger partial charge in [0.2, 0.25) is 0 Å². The van der Waals surface area contributed by atoms with Gasteiger partial charge < -0.3 is 10.3 Å². The molecule has 0 radical (unpaired) electrons. The molecule has 0 spiro atoms. The Morgan fingerprint density at radius 2 is 2.12 bits per heavy atom. The highest BCUT2D eigenvalue weighted by Gasteiger charge is 2.20. The third kappa shape index (κ3) is 2.12. The molecule has 2 heterocycles. The molecule has 0 saturated heterocycles. The Labute approximate surface area is 94.1 Å². The van der Waals surface area contributed by atoms with Crippen LogP contribution in [0.5, 0.6) is 0 Å². The van der Waals surface area contributed by atoms with Crippen LogP contribution in [0.2, 0.25) is 0 Å². The van der Waals surface area contributed by atoms with E-state index in [-0.39, 0.29) is 0 Å². The maximum absolute atomic E-state index is 4.35. The molecular formula is C12H14N4. The van der Waals surface area contributed by atoms with Crippen molar-refractivity contribution in [3.05, 3.63) is 36.5 Å². The van der Waals surface area contributed by atoms with E-state index in [1.165, 1.54) is 12.8 Å². The van der Waals surface area contributed by atoms with Gasteiger partial charge in [0.05, 0.1) is 18.4 Å². The Hall–Kier alpha value is -1.68. The molecule has 2 aromatic heterocycles. The van der Waals surface area contributed by atoms with E-state index in [1.54, 1.807) is 12.4 Å². The normalized spacial score (nSPS) is 15.2. The Kier molecular flexibility index (Phi) is 2.42. The number of aromatic nitrogens is 3. The van der Waals surface area contributed by atoms with Gasteiger partial charge in [0.15, 0.2) is 0 Å². The number of hydrogen-bond acceptors (Lipinski definition) is 3. The fourth-order valence-corrected chi connectivity index (χ4v) is 1.66. The van der Waals surface area contributed by atoms with Gasteiger partial charge in [-0.3, -0.25) is 4.98 Å². The van der Waals surface area contributed by atoms with Crippen LogP contribution in [-0.2, 0) is 6.54 Å². The van der Waals surface area contributed by atoms with Crippen LogP contribution < -0.4 is 5.32 Å². The first-order chi connectivity index (χ1) is 7.92. The van der Waals surface area contributed by atoms with E-state index in [4.69, 9.17) is 0 Å². The first kappa shape index (κ1) is 9.54. The second kappa shape index (κ2) is 4.06. The van der Waals surface area contributed by atoms with E-state index in [1.807, 2.05) is 18.3 Å². The van der Waals surface area contributed by atoms with Gasteiger partial charge in [0.1, 0.15) is 5.82 Å². The van der Waals surface area contributed by atoms with Crippen molar-refractivity contribution in [1.29, 1.82) is 0 Å². The highest BCUT2D eigenvalue weighted by atomic mass is 15.0. The van der Waals surface area contributed by atoms with Crippen LogP contribution in [0.15, 0.2) is 30.7 Å². The minimum Gasteiger partial charge on any atom is -0.341 e. The first-order valence-electron chi connectivity index (χ1n) is 5.59. The molecule has 0 aromatic carbocycles. The van der Waals surface area contributed by atoms with Crippen molar-refractivity contribution in [3.63, 3.8) is 0 Å². The standard InChI is InChI=1S/C12H14N4/c1-2-10(1)14-8-12-15-7-11(16-12)9-3-5-13-6-4-9/h3-7,10,14H,1-2,8H2,(H,15,16). The molecule has 1 fully saturated rings. The summed E-state index contributed by atoms with van der Waals surface area (Å²) in [7, 11) is 0. The molecule has 0 unspecified atom stereocenters. The predicted octanol–water partition coefficient (Wildman–Crippen LogP) is 1.72. The molecule has 2 N–H and O–H groups in total. The van der Waals surface area contributed by atoms with Crippen molar-refractivity contribution in [2.24, 2.45) is 0 Å². The van der Waals surface area contributed by atoms with Crippen LogP contribution >= 0.6 is 0 Å². The van der Waals surface area contributed by atoms with Gasteiger partial charge >= 0.3 is 0 Å². The lowest BCUT2D eigenvalue weighted by Gasteiger charge is -1.98. The van der Waals surface area contributed by atoms with Crippen LogP contribution in [0.1, 0.15) is 18.7 Å². The fraction of sp³-hybridized carbons (Fsp3) is 0.333. The lowest BCUT2D eigenvalue weighted by atomic mass is 10.2. The maximum Gasteiger partial charge on any atom is 0.120 e. The zero-order valence-electron chi connectivity index (χ0n) is 8.98. The molecule has 4 nitrogen and oxygen atoms in total. The zero-order valence-corrected chi connectivity index (χ0v) is 8.98. The minimum absolute atomic E-state index is 0.717. The van der Waals surface area contributed by atoms with Crippen molar-refractivity contribution >= 4 is 0 Å². The van der Waals surface area contributed by atoms with Gasteiger partial charge in [-0.05, 0) is 25.0 Å². The SMILES string of the molecule is c1cc(-c2cnc(CNC3CC3)[nH]2)ccn1. The first-order valence-corrected chi connectivity index (χ1v) is 5.59. The Balaban J connectivity index is 1.71. The van der Waals surface area contributed by atoms with Crippen molar-refractivity contribution in [3.8, 4) is 11.3 Å². The number of H-pyrrole nitrogens is 1. The molecular weight excluding hydrogens is 200 g/mol. The molecule has 0 amide bonds. The Morgan fingerprint density at radius 3 is 2.88 bits per heavy atom. The predicted molar refractivity (Wildman–Crippen MR) is 61.7 cm³/mol. The zero-order chi connectivity index (χ0) is 10.8. The molecule has 0 atom stereocenters. The third-order valence-electron chi connectivity index (χ3n) is 2.76. The van der Waals surface area contributed by atoms with Gasteiger partial charge in [-0.2, -0.15) is 0 Å². The molecule has 3 rings (SSSR count). The van der Waals surface area contributed by atoms with E-state index in [0.717, 1.165) is 29.7 Å². The summed E-state index contributed by atoms with van der Waals surface area (Å²) in [6.07, 6.45) is 8.06. The molecule has 0 bridgehead atoms. The number of nitrogens with zero attached hydrogens (tertiary/aromatic N) is 2. The molecule has 2 aromatic rings. The quantitative estimate of drug-likeness (QED) is 0.814. The summed E-state index contributed by atoms with van der Waals surface area (Å²) >= 11 is 0. The lowest BCUT2D eigenvalue weighted by molar-refractivity contribution is 0.664. The summed E-state index contributed by atoms with van der Waals surface area (Å²) in [5.41, 5.74) is 2.18. The Bertz CT molecular complexity index is 459. The summed E-state index contributed by atoms with van der Waals surface area (Å²) in [5, 5.41) is 3.43. The Morgan fingerprint density at radius 1 is 1.31 bits per heavy atom. The van der Waals surface area contributed by atoms with Crippen LogP contribution in [0.4, 0.5) is 0 Å². The second-order valence-electron chi connectivity index (χ2n) is 4.13. The van der Waals surface area contributed by atoms with Gasteiger partial charge in [-0.15, -0.1) is 0 Å². The lowest BCUT2D eigenvalue weighted by Crippen LogP contribution is -2.16. The van der Waals surface area contributed by atoms with Crippen molar-refractivity contribution in [1.82, 2.24) is 20.3 Å².